The van der Waals surface area contributed by atoms with E-state index in [0.29, 0.717) is 54.8 Å². The van der Waals surface area contributed by atoms with Crippen molar-refractivity contribution in [1.29, 1.82) is 0 Å². The van der Waals surface area contributed by atoms with Crippen molar-refractivity contribution in [3.05, 3.63) is 59.2 Å². The van der Waals surface area contributed by atoms with E-state index >= 15 is 4.39 Å². The van der Waals surface area contributed by atoms with E-state index in [9.17, 15) is 13.6 Å². The zero-order chi connectivity index (χ0) is 21.6. The summed E-state index contributed by atoms with van der Waals surface area (Å²) in [5.74, 6) is 0.864. The highest BCUT2D eigenvalue weighted by molar-refractivity contribution is 7.91. The van der Waals surface area contributed by atoms with Crippen LogP contribution in [0.15, 0.2) is 42.6 Å². The lowest BCUT2D eigenvalue weighted by Gasteiger charge is -2.26. The minimum Gasteiger partial charge on any atom is -0.628 e. The summed E-state index contributed by atoms with van der Waals surface area (Å²) in [5.41, 5.74) is 2.51. The molecule has 3 aromatic rings. The standard InChI is InChI=1S/C22H25FN4O3S/c23-19-12-17(13-25-8-10-31(29,30)11-9-25)6-7-18(19)20-2-1-3-21-24-22(15-26(20)21)27(28)14-16-4-5-16/h1-3,6-7,12,15-16,27H,4-5,8-11,13-14H2. The van der Waals surface area contributed by atoms with Crippen LogP contribution in [-0.4, -0.2) is 53.8 Å². The second-order valence-electron chi connectivity index (χ2n) is 8.58. The molecule has 9 heteroatoms. The summed E-state index contributed by atoms with van der Waals surface area (Å²) in [5, 5.41) is 12.5. The Balaban J connectivity index is 1.39. The van der Waals surface area contributed by atoms with Crippen LogP contribution in [0.5, 0.6) is 0 Å². The smallest absolute Gasteiger partial charge is 0.244 e. The Morgan fingerprint density at radius 1 is 1.16 bits per heavy atom. The van der Waals surface area contributed by atoms with Gasteiger partial charge in [0, 0.05) is 31.1 Å². The number of rotatable bonds is 6. The number of imidazole rings is 1. The van der Waals surface area contributed by atoms with Crippen LogP contribution >= 0.6 is 0 Å². The van der Waals surface area contributed by atoms with E-state index < -0.39 is 9.84 Å². The first-order chi connectivity index (χ1) is 14.9. The Morgan fingerprint density at radius 3 is 2.65 bits per heavy atom. The van der Waals surface area contributed by atoms with Crippen LogP contribution in [0.25, 0.3) is 16.9 Å². The Hall–Kier alpha value is -2.33. The number of sulfone groups is 1. The molecule has 0 amide bonds. The van der Waals surface area contributed by atoms with Crippen LogP contribution in [-0.2, 0) is 16.4 Å². The van der Waals surface area contributed by atoms with E-state index in [1.165, 1.54) is 6.07 Å². The number of benzene rings is 1. The number of pyridine rings is 1. The zero-order valence-electron chi connectivity index (χ0n) is 17.1. The maximum Gasteiger partial charge on any atom is 0.244 e. The summed E-state index contributed by atoms with van der Waals surface area (Å²) in [6, 6.07) is 10.6. The van der Waals surface area contributed by atoms with Crippen molar-refractivity contribution in [2.45, 2.75) is 19.4 Å². The average Bonchev–Trinajstić information content (AvgIpc) is 3.43. The molecule has 0 radical (unpaired) electrons. The molecule has 1 N–H and O–H groups in total. The van der Waals surface area contributed by atoms with Gasteiger partial charge in [0.1, 0.15) is 11.5 Å². The lowest BCUT2D eigenvalue weighted by atomic mass is 10.1. The van der Waals surface area contributed by atoms with Crippen molar-refractivity contribution in [1.82, 2.24) is 14.3 Å². The lowest BCUT2D eigenvalue weighted by Crippen LogP contribution is -3.02. The summed E-state index contributed by atoms with van der Waals surface area (Å²) in [6.07, 6.45) is 3.92. The van der Waals surface area contributed by atoms with Gasteiger partial charge in [0.05, 0.1) is 29.9 Å². The number of hydroxylamine groups is 1. The highest BCUT2D eigenvalue weighted by Gasteiger charge is 2.26. The molecule has 5 rings (SSSR count). The number of nitrogens with one attached hydrogen (secondary N) is 1. The Labute approximate surface area is 180 Å². The number of fused-ring (bicyclic) bond motifs is 1. The number of hydrogen-bond acceptors (Lipinski definition) is 5. The second-order valence-corrected chi connectivity index (χ2v) is 10.9. The molecule has 1 saturated heterocycles. The van der Waals surface area contributed by atoms with E-state index in [1.807, 2.05) is 29.2 Å². The second kappa shape index (κ2) is 7.98. The Kier molecular flexibility index (Phi) is 5.29. The molecule has 2 fully saturated rings. The van der Waals surface area contributed by atoms with Gasteiger partial charge in [-0.25, -0.2) is 12.8 Å². The van der Waals surface area contributed by atoms with Gasteiger partial charge in [-0.1, -0.05) is 12.1 Å². The van der Waals surface area contributed by atoms with Crippen LogP contribution in [0.3, 0.4) is 0 Å². The molecule has 1 atom stereocenters. The van der Waals surface area contributed by atoms with Gasteiger partial charge < -0.3 is 10.3 Å². The van der Waals surface area contributed by atoms with Gasteiger partial charge in [0.25, 0.3) is 0 Å². The SMILES string of the molecule is O=S1(=O)CCN(Cc2ccc(-c3cccc4nc([NH+]([O-])CC5CC5)cn34)c(F)c2)CC1. The first-order valence-electron chi connectivity index (χ1n) is 10.6. The van der Waals surface area contributed by atoms with Crippen molar-refractivity contribution >= 4 is 21.3 Å². The van der Waals surface area contributed by atoms with Crippen LogP contribution in [0, 0.1) is 16.9 Å². The maximum atomic E-state index is 15.1. The molecule has 164 valence electrons. The molecule has 2 aromatic heterocycles. The fraction of sp³-hybridized carbons (Fsp3) is 0.409. The maximum absolute atomic E-state index is 15.1. The molecule has 31 heavy (non-hydrogen) atoms. The van der Waals surface area contributed by atoms with Crippen molar-refractivity contribution < 1.29 is 17.9 Å². The predicted molar refractivity (Wildman–Crippen MR) is 116 cm³/mol. The molecule has 2 aliphatic rings. The minimum atomic E-state index is -2.94. The summed E-state index contributed by atoms with van der Waals surface area (Å²) in [6.45, 7) is 1.98. The first kappa shape index (κ1) is 20.6. The van der Waals surface area contributed by atoms with Crippen LogP contribution in [0.1, 0.15) is 18.4 Å². The molecular weight excluding hydrogens is 419 g/mol. The summed E-state index contributed by atoms with van der Waals surface area (Å²) < 4.78 is 40.0. The Morgan fingerprint density at radius 2 is 1.94 bits per heavy atom. The van der Waals surface area contributed by atoms with Gasteiger partial charge in [0.15, 0.2) is 9.84 Å². The van der Waals surface area contributed by atoms with Gasteiger partial charge in [-0.15, -0.1) is 0 Å². The third-order valence-corrected chi connectivity index (χ3v) is 7.71. The number of halogens is 1. The molecule has 1 aliphatic carbocycles. The van der Waals surface area contributed by atoms with E-state index in [4.69, 9.17) is 0 Å². The minimum absolute atomic E-state index is 0.0384. The van der Waals surface area contributed by atoms with Gasteiger partial charge in [-0.05, 0) is 42.7 Å². The van der Waals surface area contributed by atoms with Crippen LogP contribution in [0.4, 0.5) is 10.2 Å². The predicted octanol–water partition coefficient (Wildman–Crippen LogP) is 1.79. The third kappa shape index (κ3) is 4.50. The largest absolute Gasteiger partial charge is 0.628 e. The van der Waals surface area contributed by atoms with E-state index in [2.05, 4.69) is 4.98 Å². The number of hydrogen-bond donors (Lipinski definition) is 1. The van der Waals surface area contributed by atoms with E-state index in [-0.39, 0.29) is 22.4 Å². The van der Waals surface area contributed by atoms with E-state index in [1.54, 1.807) is 16.7 Å². The summed E-state index contributed by atoms with van der Waals surface area (Å²) in [4.78, 5) is 6.48. The highest BCUT2D eigenvalue weighted by atomic mass is 32.2. The van der Waals surface area contributed by atoms with Gasteiger partial charge in [-0.3, -0.25) is 9.30 Å². The van der Waals surface area contributed by atoms with E-state index in [0.717, 1.165) is 18.4 Å². The topological polar surface area (TPSA) is 82.2 Å². The monoisotopic (exact) mass is 444 g/mol. The van der Waals surface area contributed by atoms with Crippen LogP contribution in [0.2, 0.25) is 0 Å². The number of quaternary nitrogens is 1. The Bertz CT molecular complexity index is 1210. The highest BCUT2D eigenvalue weighted by Crippen LogP contribution is 2.28. The van der Waals surface area contributed by atoms with Gasteiger partial charge in [-0.2, -0.15) is 4.98 Å². The molecule has 7 nitrogen and oxygen atoms in total. The molecule has 1 unspecified atom stereocenters. The van der Waals surface area contributed by atoms with Crippen molar-refractivity contribution in [3.63, 3.8) is 0 Å². The fourth-order valence-corrected chi connectivity index (χ4v) is 5.36. The summed E-state index contributed by atoms with van der Waals surface area (Å²) in [7, 11) is -2.94. The number of nitrogens with zero attached hydrogens (tertiary/aromatic N) is 3. The zero-order valence-corrected chi connectivity index (χ0v) is 17.9. The number of aromatic nitrogens is 2. The average molecular weight is 445 g/mol. The molecule has 0 spiro atoms. The van der Waals surface area contributed by atoms with Crippen molar-refractivity contribution in [2.24, 2.45) is 5.92 Å². The van der Waals surface area contributed by atoms with Crippen LogP contribution < -0.4 is 5.06 Å². The molecule has 1 aliphatic heterocycles. The first-order valence-corrected chi connectivity index (χ1v) is 12.4. The van der Waals surface area contributed by atoms with Crippen molar-refractivity contribution in [2.75, 3.05) is 31.1 Å². The molecule has 1 saturated carbocycles. The fourth-order valence-electron chi connectivity index (χ4n) is 4.08. The van der Waals surface area contributed by atoms with Crippen molar-refractivity contribution in [3.8, 4) is 11.3 Å². The quantitative estimate of drug-likeness (QED) is 0.587. The van der Waals surface area contributed by atoms with Gasteiger partial charge in [0.2, 0.25) is 5.82 Å². The van der Waals surface area contributed by atoms with Gasteiger partial charge >= 0.3 is 0 Å². The molecule has 3 heterocycles. The normalized spacial score (nSPS) is 20.2. The molecular formula is C22H25FN4O3S. The summed E-state index contributed by atoms with van der Waals surface area (Å²) >= 11 is 0. The third-order valence-electron chi connectivity index (χ3n) is 6.10. The molecule has 1 aromatic carbocycles. The molecule has 0 bridgehead atoms. The lowest BCUT2D eigenvalue weighted by molar-refractivity contribution is -0.781.